The molecule has 0 saturated heterocycles. The Balaban J connectivity index is 0.808. The van der Waals surface area contributed by atoms with Crippen LogP contribution in [-0.4, -0.2) is 55.9 Å². The molecule has 0 amide bonds. The van der Waals surface area contributed by atoms with Crippen LogP contribution in [0.2, 0.25) is 0 Å². The maximum absolute atomic E-state index is 15.4. The average molecular weight is 1580 g/mol. The number of esters is 2. The van der Waals surface area contributed by atoms with Crippen molar-refractivity contribution in [3.8, 4) is 57.5 Å². The predicted octanol–water partition coefficient (Wildman–Crippen LogP) is 20.7. The van der Waals surface area contributed by atoms with E-state index >= 15 is 22.8 Å². The second kappa shape index (κ2) is 39.8. The van der Waals surface area contributed by atoms with Crippen LogP contribution in [0.3, 0.4) is 0 Å². The molecule has 598 valence electrons. The van der Waals surface area contributed by atoms with Gasteiger partial charge < -0.3 is 66.3 Å². The Morgan fingerprint density at radius 3 is 1.20 bits per heavy atom. The van der Waals surface area contributed by atoms with Crippen LogP contribution < -0.4 is 47.4 Å². The standard InChI is InChI=1S/C97H87F3O17/c1-2-104-50-51-105-94-89-83(112-64-72-40-23-9-24-41-72)54-76(106-58-66-28-11-3-12-29-66)55-85(89)115-92(75-47-49-79(108-60-68-32-15-5-16-33-68)82(53-75)111-63-71-38-21-8-22-39-71)95(94)116-88(102)45-27-44-87(101)114-86-56-77-80(109-61-69-34-17-6-18-35-69)57-84(113-65-73-42-25-10-26-43-73)90(96(103)97(98,99)100)93(77)117-91(86)74-46-48-78(107-59-67-30-13-4-14-31-67)81(52-74)110-62-70-36-19-7-20-37-70/h3-26,28-43,46-49,52-55,57,86,91-92,94-95H,2,27,44-45,50-51,56,58-65H2,1H3/t86-,91+,92+,94?,95+/m0/s1. The summed E-state index contributed by atoms with van der Waals surface area (Å²) in [7, 11) is 0. The van der Waals surface area contributed by atoms with E-state index in [0.717, 1.165) is 33.4 Å². The van der Waals surface area contributed by atoms with Crippen molar-refractivity contribution in [2.24, 2.45) is 0 Å². The maximum Gasteiger partial charge on any atom is 0.455 e. The molecule has 2 heterocycles. The number of ketones is 1. The first-order valence-corrected chi connectivity index (χ1v) is 38.8. The first-order chi connectivity index (χ1) is 57.3. The van der Waals surface area contributed by atoms with Gasteiger partial charge in [-0.1, -0.05) is 255 Å². The zero-order chi connectivity index (χ0) is 80.6. The number of carbonyl (C=O) groups excluding carboxylic acids is 3. The van der Waals surface area contributed by atoms with Crippen molar-refractivity contribution >= 4 is 17.7 Å². The van der Waals surface area contributed by atoms with E-state index in [1.807, 2.05) is 225 Å². The van der Waals surface area contributed by atoms with Gasteiger partial charge in [0.05, 0.1) is 18.8 Å². The lowest BCUT2D eigenvalue weighted by Crippen LogP contribution is -2.40. The zero-order valence-electron chi connectivity index (χ0n) is 64.4. The number of Topliss-reactive ketones (excluding diaryl/α,β-unsaturated/α-hetero) is 1. The second-order valence-corrected chi connectivity index (χ2v) is 27.9. The van der Waals surface area contributed by atoms with Crippen molar-refractivity contribution in [1.29, 1.82) is 0 Å². The highest BCUT2D eigenvalue weighted by Gasteiger charge is 2.49. The smallest absolute Gasteiger partial charge is 0.455 e. The van der Waals surface area contributed by atoms with Gasteiger partial charge in [-0.05, 0) is 82.1 Å². The zero-order valence-corrected chi connectivity index (χ0v) is 64.4. The molecular formula is C97H87F3O17. The third kappa shape index (κ3) is 21.9. The van der Waals surface area contributed by atoms with Crippen molar-refractivity contribution in [2.45, 2.75) is 122 Å². The lowest BCUT2D eigenvalue weighted by Gasteiger charge is -2.40. The Hall–Kier alpha value is -13.0. The molecule has 17 nitrogen and oxygen atoms in total. The summed E-state index contributed by atoms with van der Waals surface area (Å²) >= 11 is 0. The molecule has 0 spiro atoms. The molecule has 20 heteroatoms. The maximum atomic E-state index is 15.4. The highest BCUT2D eigenvalue weighted by Crippen LogP contribution is 2.53. The number of fused-ring (bicyclic) bond motifs is 2. The fraction of sp³-hybridized carbons (Fsp3) is 0.227. The van der Waals surface area contributed by atoms with Gasteiger partial charge in [0.15, 0.2) is 41.3 Å². The third-order valence-corrected chi connectivity index (χ3v) is 19.5. The van der Waals surface area contributed by atoms with Crippen molar-refractivity contribution in [3.63, 3.8) is 0 Å². The number of benzene rings is 12. The normalized spacial score (nSPS) is 15.3. The molecule has 2 aliphatic heterocycles. The number of halogens is 3. The van der Waals surface area contributed by atoms with Gasteiger partial charge in [0.25, 0.3) is 5.78 Å². The first kappa shape index (κ1) is 80.6. The molecule has 1 unspecified atom stereocenters. The first-order valence-electron chi connectivity index (χ1n) is 38.8. The Morgan fingerprint density at radius 1 is 0.385 bits per heavy atom. The highest BCUT2D eigenvalue weighted by atomic mass is 19.4. The quantitative estimate of drug-likeness (QED) is 0.0202. The van der Waals surface area contributed by atoms with Gasteiger partial charge in [-0.2, -0.15) is 13.2 Å². The molecule has 0 radical (unpaired) electrons. The van der Waals surface area contributed by atoms with Gasteiger partial charge in [-0.25, -0.2) is 0 Å². The highest BCUT2D eigenvalue weighted by molar-refractivity contribution is 6.06. The molecule has 117 heavy (non-hydrogen) atoms. The van der Waals surface area contributed by atoms with E-state index in [1.54, 1.807) is 72.8 Å². The second-order valence-electron chi connectivity index (χ2n) is 27.9. The summed E-state index contributed by atoms with van der Waals surface area (Å²) in [5.41, 5.74) is 6.84. The minimum atomic E-state index is -5.44. The molecule has 0 fully saturated rings. The largest absolute Gasteiger partial charge is 0.489 e. The van der Waals surface area contributed by atoms with Crippen LogP contribution in [0.25, 0.3) is 0 Å². The predicted molar refractivity (Wildman–Crippen MR) is 432 cm³/mol. The summed E-state index contributed by atoms with van der Waals surface area (Å²) in [5.74, 6) is -2.40. The molecule has 12 aromatic rings. The number of hydrogen-bond acceptors (Lipinski definition) is 17. The van der Waals surface area contributed by atoms with Gasteiger partial charge in [0.2, 0.25) is 0 Å². The Morgan fingerprint density at radius 2 is 0.769 bits per heavy atom. The van der Waals surface area contributed by atoms with Crippen LogP contribution in [-0.2, 0) is 87.8 Å². The summed E-state index contributed by atoms with van der Waals surface area (Å²) in [6, 6.07) is 90.5. The molecule has 0 aliphatic carbocycles. The molecule has 12 aromatic carbocycles. The van der Waals surface area contributed by atoms with Crippen LogP contribution >= 0.6 is 0 Å². The minimum absolute atomic E-state index is 0.00259. The minimum Gasteiger partial charge on any atom is -0.489 e. The summed E-state index contributed by atoms with van der Waals surface area (Å²) in [4.78, 5) is 44.4. The van der Waals surface area contributed by atoms with Crippen LogP contribution in [0.1, 0.15) is 122 Å². The van der Waals surface area contributed by atoms with Gasteiger partial charge in [0, 0.05) is 60.8 Å². The van der Waals surface area contributed by atoms with E-state index in [1.165, 1.54) is 6.07 Å². The van der Waals surface area contributed by atoms with E-state index < -0.39 is 71.5 Å². The average Bonchev–Trinajstić information content (AvgIpc) is 0.750. The van der Waals surface area contributed by atoms with Gasteiger partial charge in [-0.3, -0.25) is 14.4 Å². The molecule has 0 saturated carbocycles. The number of alkyl halides is 3. The lowest BCUT2D eigenvalue weighted by molar-refractivity contribution is -0.174. The number of rotatable bonds is 38. The van der Waals surface area contributed by atoms with Crippen molar-refractivity contribution < 1.29 is 93.9 Å². The summed E-state index contributed by atoms with van der Waals surface area (Å²) < 4.78 is 138. The topological polar surface area (TPSA) is 180 Å². The Labute approximate surface area is 677 Å². The number of carbonyl (C=O) groups is 3. The fourth-order valence-electron chi connectivity index (χ4n) is 13.7. The molecule has 2 aliphatic rings. The molecule has 0 aromatic heterocycles. The molecule has 5 atom stereocenters. The Kier molecular flexibility index (Phi) is 27.4. The fourth-order valence-corrected chi connectivity index (χ4v) is 13.7. The van der Waals surface area contributed by atoms with Crippen LogP contribution in [0.4, 0.5) is 13.2 Å². The van der Waals surface area contributed by atoms with E-state index in [9.17, 15) is 4.79 Å². The SMILES string of the molecule is CCOCCOC1c2c(OCc3ccccc3)cc(OCc3ccccc3)cc2O[C@H](c2ccc(OCc3ccccc3)c(OCc3ccccc3)c2)[C@H]1OC(=O)CCCC(=O)O[C@H]1Cc2c(OCc3ccccc3)cc(OCc3ccccc3)c(C(=O)C(F)(F)F)c2O[C@@H]1c1ccc(OCc2ccccc2)c(OCc2ccccc2)c1. The monoisotopic (exact) mass is 1580 g/mol. The summed E-state index contributed by atoms with van der Waals surface area (Å²) in [6.07, 6.45) is -13.0. The van der Waals surface area contributed by atoms with Gasteiger partial charge in [-0.15, -0.1) is 0 Å². The van der Waals surface area contributed by atoms with Crippen LogP contribution in [0.5, 0.6) is 57.5 Å². The Bertz CT molecular complexity index is 5210. The third-order valence-electron chi connectivity index (χ3n) is 19.5. The van der Waals surface area contributed by atoms with Crippen LogP contribution in [0.15, 0.2) is 297 Å². The van der Waals surface area contributed by atoms with Gasteiger partial charge >= 0.3 is 18.1 Å². The van der Waals surface area contributed by atoms with Crippen molar-refractivity contribution in [3.05, 3.63) is 370 Å². The van der Waals surface area contributed by atoms with E-state index in [4.69, 9.17) is 66.3 Å². The van der Waals surface area contributed by atoms with E-state index in [2.05, 4.69) is 0 Å². The van der Waals surface area contributed by atoms with Gasteiger partial charge in [0.1, 0.15) is 105 Å². The molecule has 0 N–H and O–H groups in total. The van der Waals surface area contributed by atoms with Crippen LogP contribution in [0, 0.1) is 0 Å². The summed E-state index contributed by atoms with van der Waals surface area (Å²) in [5, 5.41) is 0. The summed E-state index contributed by atoms with van der Waals surface area (Å²) in [6.45, 7) is 3.04. The lowest BCUT2D eigenvalue weighted by atomic mass is 9.90. The molecule has 0 bridgehead atoms. The molecule has 14 rings (SSSR count). The molecular weight excluding hydrogens is 1490 g/mol. The number of ether oxygens (including phenoxy) is 14. The van der Waals surface area contributed by atoms with Crippen molar-refractivity contribution in [1.82, 2.24) is 0 Å². The van der Waals surface area contributed by atoms with E-state index in [0.29, 0.717) is 63.4 Å². The van der Waals surface area contributed by atoms with Crippen molar-refractivity contribution in [2.75, 3.05) is 19.8 Å². The number of hydrogen-bond donors (Lipinski definition) is 0. The van der Waals surface area contributed by atoms with E-state index in [-0.39, 0.29) is 114 Å².